The summed E-state index contributed by atoms with van der Waals surface area (Å²) >= 11 is 17.7. The van der Waals surface area contributed by atoms with Gasteiger partial charge in [-0.15, -0.1) is 0 Å². The first-order valence-corrected chi connectivity index (χ1v) is 9.08. The number of pyridine rings is 1. The average Bonchev–Trinajstić information content (AvgIpc) is 2.65. The molecule has 0 spiro atoms. The third kappa shape index (κ3) is 3.80. The lowest BCUT2D eigenvalue weighted by Gasteiger charge is -2.30. The van der Waals surface area contributed by atoms with Crippen LogP contribution >= 0.6 is 34.8 Å². The average molecular weight is 414 g/mol. The van der Waals surface area contributed by atoms with Crippen molar-refractivity contribution in [3.8, 4) is 0 Å². The molecule has 2 heterocycles. The Hall–Kier alpha value is -1.82. The van der Waals surface area contributed by atoms with Crippen LogP contribution in [0.2, 0.25) is 15.1 Å². The van der Waals surface area contributed by atoms with E-state index in [9.17, 15) is 9.59 Å². The van der Waals surface area contributed by atoms with Gasteiger partial charge < -0.3 is 9.64 Å². The molecule has 1 atom stereocenters. The van der Waals surface area contributed by atoms with Crippen molar-refractivity contribution in [2.24, 2.45) is 0 Å². The van der Waals surface area contributed by atoms with E-state index in [1.54, 1.807) is 4.90 Å². The summed E-state index contributed by atoms with van der Waals surface area (Å²) in [5, 5.41) is 0.0435. The molecule has 0 saturated carbocycles. The molecular formula is C18H15Cl3N2O3. The third-order valence-electron chi connectivity index (χ3n) is 4.18. The minimum Gasteiger partial charge on any atom is -0.448 e. The lowest BCUT2D eigenvalue weighted by molar-refractivity contribution is -0.140. The van der Waals surface area contributed by atoms with E-state index in [2.05, 4.69) is 11.1 Å². The van der Waals surface area contributed by atoms with Crippen molar-refractivity contribution in [3.05, 3.63) is 62.4 Å². The Balaban J connectivity index is 1.68. The van der Waals surface area contributed by atoms with Crippen LogP contribution < -0.4 is 0 Å². The molecule has 26 heavy (non-hydrogen) atoms. The Morgan fingerprint density at radius 1 is 1.15 bits per heavy atom. The van der Waals surface area contributed by atoms with E-state index in [1.165, 1.54) is 18.7 Å². The summed E-state index contributed by atoms with van der Waals surface area (Å²) in [4.78, 5) is 30.4. The molecule has 1 aromatic carbocycles. The first-order chi connectivity index (χ1) is 12.4. The fourth-order valence-corrected chi connectivity index (χ4v) is 3.35. The zero-order valence-electron chi connectivity index (χ0n) is 13.8. The fourth-order valence-electron chi connectivity index (χ4n) is 2.79. The van der Waals surface area contributed by atoms with Gasteiger partial charge in [-0.3, -0.25) is 4.79 Å². The van der Waals surface area contributed by atoms with Crippen LogP contribution in [-0.4, -0.2) is 34.4 Å². The highest BCUT2D eigenvalue weighted by atomic mass is 35.5. The Morgan fingerprint density at radius 2 is 1.85 bits per heavy atom. The van der Waals surface area contributed by atoms with E-state index in [4.69, 9.17) is 39.5 Å². The molecule has 136 valence electrons. The van der Waals surface area contributed by atoms with Gasteiger partial charge in [0.2, 0.25) is 0 Å². The first-order valence-electron chi connectivity index (χ1n) is 7.94. The summed E-state index contributed by atoms with van der Waals surface area (Å²) in [6.45, 7) is 2.58. The molecule has 0 aliphatic carbocycles. The zero-order valence-corrected chi connectivity index (χ0v) is 16.1. The molecule has 1 aliphatic heterocycles. The molecule has 0 N–H and O–H groups in total. The number of hydrogen-bond donors (Lipinski definition) is 0. The van der Waals surface area contributed by atoms with E-state index >= 15 is 0 Å². The summed E-state index contributed by atoms with van der Waals surface area (Å²) in [5.41, 5.74) is 2.15. The number of ether oxygens (including phenoxy) is 1. The van der Waals surface area contributed by atoms with E-state index in [0.29, 0.717) is 13.1 Å². The normalized spacial score (nSPS) is 14.5. The van der Waals surface area contributed by atoms with E-state index in [0.717, 1.165) is 12.0 Å². The van der Waals surface area contributed by atoms with Crippen LogP contribution in [0.1, 0.15) is 28.5 Å². The number of rotatable bonds is 3. The van der Waals surface area contributed by atoms with Gasteiger partial charge in [-0.05, 0) is 24.5 Å². The highest BCUT2D eigenvalue weighted by Gasteiger charge is 2.28. The quantitative estimate of drug-likeness (QED) is 0.709. The van der Waals surface area contributed by atoms with Crippen LogP contribution in [0.25, 0.3) is 0 Å². The number of hydrogen-bond acceptors (Lipinski definition) is 4. The van der Waals surface area contributed by atoms with Crippen molar-refractivity contribution in [1.82, 2.24) is 9.88 Å². The standard InChI is InChI=1S/C18H15Cl3N2O3/c1-10(26-18(25)16-15(21)14(20)13(19)8-22-16)17(24)23-7-6-11-4-2-3-5-12(11)9-23/h2-5,8,10H,6-7,9H2,1H3/t10-/m1/s1. The Morgan fingerprint density at radius 3 is 2.58 bits per heavy atom. The molecule has 0 unspecified atom stereocenters. The highest BCUT2D eigenvalue weighted by molar-refractivity contribution is 6.48. The van der Waals surface area contributed by atoms with E-state index < -0.39 is 12.1 Å². The molecule has 0 radical (unpaired) electrons. The second kappa shape index (κ2) is 7.82. The van der Waals surface area contributed by atoms with Crippen molar-refractivity contribution in [3.63, 3.8) is 0 Å². The third-order valence-corrected chi connectivity index (χ3v) is 5.43. The maximum atomic E-state index is 12.6. The van der Waals surface area contributed by atoms with Gasteiger partial charge in [0.15, 0.2) is 11.8 Å². The predicted octanol–water partition coefficient (Wildman–Crippen LogP) is 4.17. The van der Waals surface area contributed by atoms with Crippen LogP contribution in [0, 0.1) is 0 Å². The van der Waals surface area contributed by atoms with Gasteiger partial charge in [-0.2, -0.15) is 0 Å². The summed E-state index contributed by atoms with van der Waals surface area (Å²) in [7, 11) is 0. The fraction of sp³-hybridized carbons (Fsp3) is 0.278. The SMILES string of the molecule is C[C@@H](OC(=O)c1ncc(Cl)c(Cl)c1Cl)C(=O)N1CCc2ccccc2C1. The number of esters is 1. The van der Waals surface area contributed by atoms with Crippen molar-refractivity contribution in [2.75, 3.05) is 6.54 Å². The van der Waals surface area contributed by atoms with Gasteiger partial charge in [-0.1, -0.05) is 59.1 Å². The number of carbonyl (C=O) groups is 2. The van der Waals surface area contributed by atoms with Gasteiger partial charge >= 0.3 is 5.97 Å². The van der Waals surface area contributed by atoms with Gasteiger partial charge in [0.25, 0.3) is 5.91 Å². The Labute approximate surface area is 165 Å². The van der Waals surface area contributed by atoms with Crippen LogP contribution in [0.15, 0.2) is 30.5 Å². The lowest BCUT2D eigenvalue weighted by atomic mass is 9.99. The van der Waals surface area contributed by atoms with Crippen molar-refractivity contribution in [1.29, 1.82) is 0 Å². The van der Waals surface area contributed by atoms with Crippen molar-refractivity contribution in [2.45, 2.75) is 26.0 Å². The minimum absolute atomic E-state index is 0.0156. The van der Waals surface area contributed by atoms with Gasteiger partial charge in [0.1, 0.15) is 0 Å². The summed E-state index contributed by atoms with van der Waals surface area (Å²) in [6.07, 6.45) is 1.00. The van der Waals surface area contributed by atoms with Crippen molar-refractivity contribution < 1.29 is 14.3 Å². The monoisotopic (exact) mass is 412 g/mol. The Bertz CT molecular complexity index is 873. The van der Waals surface area contributed by atoms with Crippen molar-refractivity contribution >= 4 is 46.7 Å². The van der Waals surface area contributed by atoms with Crippen LogP contribution in [0.4, 0.5) is 0 Å². The number of nitrogens with zero attached hydrogens (tertiary/aromatic N) is 2. The van der Waals surface area contributed by atoms with E-state index in [-0.39, 0.29) is 26.7 Å². The largest absolute Gasteiger partial charge is 0.448 e. The predicted molar refractivity (Wildman–Crippen MR) is 99.7 cm³/mol. The molecule has 0 saturated heterocycles. The smallest absolute Gasteiger partial charge is 0.359 e. The highest BCUT2D eigenvalue weighted by Crippen LogP contribution is 2.31. The molecule has 0 bridgehead atoms. The Kier molecular flexibility index (Phi) is 5.70. The number of fused-ring (bicyclic) bond motifs is 1. The maximum absolute atomic E-state index is 12.6. The molecule has 1 aliphatic rings. The lowest BCUT2D eigenvalue weighted by Crippen LogP contribution is -2.42. The van der Waals surface area contributed by atoms with Gasteiger partial charge in [0, 0.05) is 19.3 Å². The molecule has 0 fully saturated rings. The zero-order chi connectivity index (χ0) is 18.8. The number of halogens is 3. The second-order valence-corrected chi connectivity index (χ2v) is 7.07. The summed E-state index contributed by atoms with van der Waals surface area (Å²) in [6, 6.07) is 7.96. The minimum atomic E-state index is -0.972. The van der Waals surface area contributed by atoms with Gasteiger partial charge in [-0.25, -0.2) is 9.78 Å². The van der Waals surface area contributed by atoms with E-state index in [1.807, 2.05) is 18.2 Å². The topological polar surface area (TPSA) is 59.5 Å². The first kappa shape index (κ1) is 19.0. The van der Waals surface area contributed by atoms with Crippen LogP contribution in [-0.2, 0) is 22.5 Å². The van der Waals surface area contributed by atoms with Crippen LogP contribution in [0.3, 0.4) is 0 Å². The number of carbonyl (C=O) groups excluding carboxylic acids is 2. The molecule has 2 aromatic rings. The number of amides is 1. The summed E-state index contributed by atoms with van der Waals surface area (Å²) in [5.74, 6) is -1.10. The number of aromatic nitrogens is 1. The summed E-state index contributed by atoms with van der Waals surface area (Å²) < 4.78 is 5.24. The van der Waals surface area contributed by atoms with Crippen LogP contribution in [0.5, 0.6) is 0 Å². The molecular weight excluding hydrogens is 399 g/mol. The molecule has 1 amide bonds. The maximum Gasteiger partial charge on any atom is 0.359 e. The number of benzene rings is 1. The molecule has 5 nitrogen and oxygen atoms in total. The molecule has 8 heteroatoms. The second-order valence-electron chi connectivity index (χ2n) is 5.91. The molecule has 3 rings (SSSR count). The molecule has 1 aromatic heterocycles. The van der Waals surface area contributed by atoms with Gasteiger partial charge in [0.05, 0.1) is 15.1 Å².